The van der Waals surface area contributed by atoms with Crippen molar-refractivity contribution in [1.82, 2.24) is 15.1 Å². The van der Waals surface area contributed by atoms with Gasteiger partial charge in [0.1, 0.15) is 18.5 Å². The Morgan fingerprint density at radius 2 is 2.15 bits per heavy atom. The van der Waals surface area contributed by atoms with E-state index in [0.717, 1.165) is 38.8 Å². The van der Waals surface area contributed by atoms with Crippen LogP contribution in [0.2, 0.25) is 0 Å². The maximum absolute atomic E-state index is 12.6. The van der Waals surface area contributed by atoms with Crippen molar-refractivity contribution in [2.45, 2.75) is 44.8 Å². The first-order chi connectivity index (χ1) is 15.8. The van der Waals surface area contributed by atoms with Crippen LogP contribution in [-0.2, 0) is 0 Å². The molecule has 4 rings (SSSR count). The molecule has 2 unspecified atom stereocenters. The summed E-state index contributed by atoms with van der Waals surface area (Å²) in [6.45, 7) is 5.55. The number of primary amides is 1. The van der Waals surface area contributed by atoms with Crippen LogP contribution in [0.1, 0.15) is 48.5 Å². The second-order valence-corrected chi connectivity index (χ2v) is 9.87. The maximum atomic E-state index is 12.6. The third-order valence-corrected chi connectivity index (χ3v) is 7.03. The Labute approximate surface area is 194 Å². The summed E-state index contributed by atoms with van der Waals surface area (Å²) in [4.78, 5) is 28.3. The summed E-state index contributed by atoms with van der Waals surface area (Å²) in [6.07, 6.45) is 3.21. The Hall–Kier alpha value is -2.83. The Morgan fingerprint density at radius 3 is 2.82 bits per heavy atom. The molecule has 2 aliphatic heterocycles. The highest BCUT2D eigenvalue weighted by Crippen LogP contribution is 2.41. The average molecular weight is 456 g/mol. The number of aliphatic hydroxyl groups is 1. The summed E-state index contributed by atoms with van der Waals surface area (Å²) < 4.78 is 5.84. The van der Waals surface area contributed by atoms with Gasteiger partial charge in [-0.25, -0.2) is 4.79 Å². The zero-order valence-corrected chi connectivity index (χ0v) is 19.1. The Balaban J connectivity index is 1.36. The van der Waals surface area contributed by atoms with E-state index in [4.69, 9.17) is 10.5 Å². The SMILES string of the molecule is CCC12CC(CN(C[C@H](O)COc3ccc(C#N)cc3C(=O)NC3CC3)C1)CN(C(N)=O)C2. The first-order valence-electron chi connectivity index (χ1n) is 11.7. The van der Waals surface area contributed by atoms with E-state index in [0.29, 0.717) is 42.4 Å². The molecule has 4 N–H and O–H groups in total. The number of amides is 3. The largest absolute Gasteiger partial charge is 0.490 e. The number of nitrogens with zero attached hydrogens (tertiary/aromatic N) is 3. The zero-order chi connectivity index (χ0) is 23.6. The van der Waals surface area contributed by atoms with Gasteiger partial charge in [-0.3, -0.25) is 9.69 Å². The first-order valence-corrected chi connectivity index (χ1v) is 11.7. The lowest BCUT2D eigenvalue weighted by molar-refractivity contribution is -0.0405. The van der Waals surface area contributed by atoms with Crippen LogP contribution < -0.4 is 15.8 Å². The van der Waals surface area contributed by atoms with Gasteiger partial charge in [-0.1, -0.05) is 6.92 Å². The van der Waals surface area contributed by atoms with Crippen molar-refractivity contribution >= 4 is 11.9 Å². The van der Waals surface area contributed by atoms with E-state index in [2.05, 4.69) is 23.2 Å². The highest BCUT2D eigenvalue weighted by molar-refractivity contribution is 5.97. The second kappa shape index (κ2) is 9.57. The predicted octanol–water partition coefficient (Wildman–Crippen LogP) is 1.30. The monoisotopic (exact) mass is 455 g/mol. The van der Waals surface area contributed by atoms with Crippen LogP contribution in [0.4, 0.5) is 4.79 Å². The van der Waals surface area contributed by atoms with Gasteiger partial charge in [0.25, 0.3) is 5.91 Å². The van der Waals surface area contributed by atoms with Gasteiger partial charge in [-0.15, -0.1) is 0 Å². The third-order valence-electron chi connectivity index (χ3n) is 7.03. The van der Waals surface area contributed by atoms with E-state index in [9.17, 15) is 20.0 Å². The number of fused-ring (bicyclic) bond motifs is 2. The summed E-state index contributed by atoms with van der Waals surface area (Å²) >= 11 is 0. The minimum atomic E-state index is -0.736. The lowest BCUT2D eigenvalue weighted by Gasteiger charge is -2.53. The fourth-order valence-corrected chi connectivity index (χ4v) is 5.27. The predicted molar refractivity (Wildman–Crippen MR) is 122 cm³/mol. The summed E-state index contributed by atoms with van der Waals surface area (Å²) in [5.74, 6) is 0.444. The van der Waals surface area contributed by atoms with Crippen molar-refractivity contribution in [3.05, 3.63) is 29.3 Å². The van der Waals surface area contributed by atoms with Gasteiger partial charge in [-0.2, -0.15) is 5.26 Å². The lowest BCUT2D eigenvalue weighted by Crippen LogP contribution is -2.61. The molecule has 1 saturated carbocycles. The minimum absolute atomic E-state index is 0.00202. The Morgan fingerprint density at radius 1 is 1.36 bits per heavy atom. The van der Waals surface area contributed by atoms with Gasteiger partial charge in [0.15, 0.2) is 0 Å². The van der Waals surface area contributed by atoms with Crippen LogP contribution in [0.3, 0.4) is 0 Å². The molecule has 0 aromatic heterocycles. The molecule has 3 amide bonds. The number of nitrogens with two attached hydrogens (primary N) is 1. The number of carbonyl (C=O) groups is 2. The zero-order valence-electron chi connectivity index (χ0n) is 19.1. The number of piperidine rings is 2. The number of urea groups is 1. The Kier molecular flexibility index (Phi) is 6.77. The molecule has 0 spiro atoms. The number of nitriles is 1. The third kappa shape index (κ3) is 5.57. The van der Waals surface area contributed by atoms with Crippen molar-refractivity contribution in [3.8, 4) is 11.8 Å². The number of carbonyl (C=O) groups excluding carboxylic acids is 2. The van der Waals surface area contributed by atoms with Crippen molar-refractivity contribution in [2.75, 3.05) is 39.3 Å². The van der Waals surface area contributed by atoms with Crippen molar-refractivity contribution < 1.29 is 19.4 Å². The van der Waals surface area contributed by atoms with Crippen LogP contribution >= 0.6 is 0 Å². The molecule has 1 aromatic carbocycles. The molecule has 178 valence electrons. The van der Waals surface area contributed by atoms with Crippen LogP contribution in [-0.4, -0.2) is 78.3 Å². The number of nitrogens with one attached hydrogen (secondary N) is 1. The van der Waals surface area contributed by atoms with Crippen LogP contribution in [0, 0.1) is 22.7 Å². The molecule has 2 saturated heterocycles. The van der Waals surface area contributed by atoms with E-state index in [-0.39, 0.29) is 30.0 Å². The van der Waals surface area contributed by atoms with Crippen LogP contribution in [0.15, 0.2) is 18.2 Å². The van der Waals surface area contributed by atoms with Crippen molar-refractivity contribution in [3.63, 3.8) is 0 Å². The van der Waals surface area contributed by atoms with Crippen LogP contribution in [0.25, 0.3) is 0 Å². The number of rotatable bonds is 8. The van der Waals surface area contributed by atoms with E-state index in [1.165, 1.54) is 6.07 Å². The van der Waals surface area contributed by atoms with Gasteiger partial charge in [0, 0.05) is 44.2 Å². The number of hydrogen-bond donors (Lipinski definition) is 3. The van der Waals surface area contributed by atoms with Crippen molar-refractivity contribution in [1.29, 1.82) is 5.26 Å². The van der Waals surface area contributed by atoms with Gasteiger partial charge < -0.3 is 25.8 Å². The topological polar surface area (TPSA) is 132 Å². The van der Waals surface area contributed by atoms with Crippen molar-refractivity contribution in [2.24, 2.45) is 17.1 Å². The smallest absolute Gasteiger partial charge is 0.314 e. The molecule has 33 heavy (non-hydrogen) atoms. The van der Waals surface area contributed by atoms with E-state index < -0.39 is 6.10 Å². The standard InChI is InChI=1S/C24H33N5O4/c1-2-24-8-17(11-29(15-24)23(26)32)10-28(14-24)12-19(30)13-33-21-6-3-16(9-25)7-20(21)22(31)27-18-4-5-18/h3,6-7,17-19,30H,2,4-5,8,10-15H2,1H3,(H2,26,32)(H,27,31)/t17?,19-,24?/m0/s1. The molecular weight excluding hydrogens is 422 g/mol. The van der Waals surface area contributed by atoms with Gasteiger partial charge in [0.2, 0.25) is 0 Å². The highest BCUT2D eigenvalue weighted by Gasteiger charge is 2.45. The summed E-state index contributed by atoms with van der Waals surface area (Å²) in [7, 11) is 0. The number of aliphatic hydroxyl groups excluding tert-OH is 1. The van der Waals surface area contributed by atoms with Crippen LogP contribution in [0.5, 0.6) is 5.75 Å². The van der Waals surface area contributed by atoms with Gasteiger partial charge in [-0.05, 0) is 49.8 Å². The molecule has 3 fully saturated rings. The summed E-state index contributed by atoms with van der Waals surface area (Å²) in [5, 5.41) is 22.8. The molecule has 0 radical (unpaired) electrons. The fourth-order valence-electron chi connectivity index (χ4n) is 5.27. The summed E-state index contributed by atoms with van der Waals surface area (Å²) in [6, 6.07) is 6.64. The number of benzene rings is 1. The normalized spacial score (nSPS) is 25.7. The number of hydrogen-bond acceptors (Lipinski definition) is 6. The Bertz CT molecular complexity index is 943. The van der Waals surface area contributed by atoms with E-state index in [1.54, 1.807) is 17.0 Å². The maximum Gasteiger partial charge on any atom is 0.314 e. The van der Waals surface area contributed by atoms with E-state index >= 15 is 0 Å². The number of β-amino-alcohol motifs (C(OH)–C–C–N with tert-alkyl or cyclic N) is 1. The molecular formula is C24H33N5O4. The van der Waals surface area contributed by atoms with E-state index in [1.807, 2.05) is 0 Å². The van der Waals surface area contributed by atoms with Gasteiger partial charge >= 0.3 is 6.03 Å². The quantitative estimate of drug-likeness (QED) is 0.541. The lowest BCUT2D eigenvalue weighted by atomic mass is 9.70. The average Bonchev–Trinajstić information content (AvgIpc) is 3.60. The first kappa shape index (κ1) is 23.3. The minimum Gasteiger partial charge on any atom is -0.490 e. The number of ether oxygens (including phenoxy) is 1. The fraction of sp³-hybridized carbons (Fsp3) is 0.625. The molecule has 1 aromatic rings. The van der Waals surface area contributed by atoms with Gasteiger partial charge in [0.05, 0.1) is 17.2 Å². The summed E-state index contributed by atoms with van der Waals surface area (Å²) in [5.41, 5.74) is 6.25. The molecule has 9 heteroatoms. The number of likely N-dealkylation sites (tertiary alicyclic amines) is 2. The molecule has 1 aliphatic carbocycles. The molecule has 3 aliphatic rings. The second-order valence-electron chi connectivity index (χ2n) is 9.87. The highest BCUT2D eigenvalue weighted by atomic mass is 16.5. The molecule has 2 heterocycles. The molecule has 9 nitrogen and oxygen atoms in total. The molecule has 2 bridgehead atoms. The molecule has 3 atom stereocenters.